The maximum absolute atomic E-state index is 11.7. The number of carbonyl (C=O) groups excluding carboxylic acids is 1. The van der Waals surface area contributed by atoms with Crippen molar-refractivity contribution in [3.05, 3.63) is 29.1 Å². The zero-order chi connectivity index (χ0) is 12.3. The van der Waals surface area contributed by atoms with Crippen molar-refractivity contribution in [2.45, 2.75) is 20.4 Å². The second-order valence-electron chi connectivity index (χ2n) is 4.37. The summed E-state index contributed by atoms with van der Waals surface area (Å²) in [6, 6.07) is 0. The summed E-state index contributed by atoms with van der Waals surface area (Å²) >= 11 is 0. The van der Waals surface area contributed by atoms with E-state index in [2.05, 4.69) is 15.7 Å². The van der Waals surface area contributed by atoms with Crippen molar-refractivity contribution in [3.63, 3.8) is 0 Å². The lowest BCUT2D eigenvalue weighted by Crippen LogP contribution is -2.38. The van der Waals surface area contributed by atoms with Crippen molar-refractivity contribution in [1.82, 2.24) is 20.4 Å². The van der Waals surface area contributed by atoms with Crippen LogP contribution in [-0.4, -0.2) is 35.3 Å². The van der Waals surface area contributed by atoms with Gasteiger partial charge in [-0.05, 0) is 25.0 Å². The highest BCUT2D eigenvalue weighted by atomic mass is 16.1. The van der Waals surface area contributed by atoms with Crippen LogP contribution in [0.3, 0.4) is 0 Å². The third kappa shape index (κ3) is 2.94. The van der Waals surface area contributed by atoms with E-state index in [9.17, 15) is 4.79 Å². The number of amides is 1. The molecule has 92 valence electrons. The van der Waals surface area contributed by atoms with Crippen LogP contribution >= 0.6 is 0 Å². The van der Waals surface area contributed by atoms with Gasteiger partial charge in [-0.3, -0.25) is 9.48 Å². The topological polar surface area (TPSA) is 59.0 Å². The van der Waals surface area contributed by atoms with Crippen LogP contribution in [0, 0.1) is 6.92 Å². The highest BCUT2D eigenvalue weighted by Gasteiger charge is 2.15. The molecule has 1 aromatic heterocycles. The average molecular weight is 234 g/mol. The van der Waals surface area contributed by atoms with Gasteiger partial charge in [-0.1, -0.05) is 0 Å². The van der Waals surface area contributed by atoms with E-state index in [0.717, 1.165) is 24.2 Å². The summed E-state index contributed by atoms with van der Waals surface area (Å²) in [5.41, 5.74) is 3.19. The summed E-state index contributed by atoms with van der Waals surface area (Å²) in [7, 11) is 0. The van der Waals surface area contributed by atoms with E-state index in [-0.39, 0.29) is 5.91 Å². The molecule has 0 atom stereocenters. The molecule has 1 saturated heterocycles. The third-order valence-electron chi connectivity index (χ3n) is 2.94. The highest BCUT2D eigenvalue weighted by Crippen LogP contribution is 2.08. The minimum Gasteiger partial charge on any atom is -0.350 e. The molecule has 0 aromatic carbocycles. The Labute approximate surface area is 101 Å². The third-order valence-corrected chi connectivity index (χ3v) is 2.94. The quantitative estimate of drug-likeness (QED) is 0.733. The SMILES string of the molecule is CC(C(=O)NCCn1cc(C)cn1)=C1CNC1. The minimum absolute atomic E-state index is 0.0328. The standard InChI is InChI=1S/C12H18N4O/c1-9-5-15-16(8-9)4-3-14-12(17)10(2)11-6-13-7-11/h5,8,13H,3-4,6-7H2,1-2H3,(H,14,17). The Morgan fingerprint density at radius 2 is 2.35 bits per heavy atom. The second-order valence-corrected chi connectivity index (χ2v) is 4.37. The highest BCUT2D eigenvalue weighted by molar-refractivity contribution is 5.93. The van der Waals surface area contributed by atoms with Crippen molar-refractivity contribution in [3.8, 4) is 0 Å². The van der Waals surface area contributed by atoms with Gasteiger partial charge in [-0.15, -0.1) is 0 Å². The molecule has 5 nitrogen and oxygen atoms in total. The molecule has 0 aliphatic carbocycles. The average Bonchev–Trinajstić information content (AvgIpc) is 2.61. The second kappa shape index (κ2) is 5.14. The Kier molecular flexibility index (Phi) is 3.58. The Morgan fingerprint density at radius 1 is 1.59 bits per heavy atom. The maximum Gasteiger partial charge on any atom is 0.247 e. The Morgan fingerprint density at radius 3 is 2.88 bits per heavy atom. The Hall–Kier alpha value is -1.62. The van der Waals surface area contributed by atoms with Gasteiger partial charge in [0.25, 0.3) is 0 Å². The van der Waals surface area contributed by atoms with Crippen LogP contribution < -0.4 is 10.6 Å². The monoisotopic (exact) mass is 234 g/mol. The molecule has 0 saturated carbocycles. The predicted molar refractivity (Wildman–Crippen MR) is 65.5 cm³/mol. The largest absolute Gasteiger partial charge is 0.350 e. The van der Waals surface area contributed by atoms with Crippen molar-refractivity contribution in [1.29, 1.82) is 0 Å². The van der Waals surface area contributed by atoms with E-state index in [0.29, 0.717) is 13.1 Å². The van der Waals surface area contributed by atoms with Crippen molar-refractivity contribution < 1.29 is 4.79 Å². The summed E-state index contributed by atoms with van der Waals surface area (Å²) in [6.45, 7) is 6.89. The number of nitrogens with zero attached hydrogens (tertiary/aromatic N) is 2. The number of hydrogen-bond acceptors (Lipinski definition) is 3. The molecular weight excluding hydrogens is 216 g/mol. The molecule has 17 heavy (non-hydrogen) atoms. The Balaban J connectivity index is 1.77. The normalized spacial score (nSPS) is 14.4. The fraction of sp³-hybridized carbons (Fsp3) is 0.500. The molecule has 1 aliphatic heterocycles. The van der Waals surface area contributed by atoms with Gasteiger partial charge in [0.2, 0.25) is 5.91 Å². The van der Waals surface area contributed by atoms with Crippen molar-refractivity contribution >= 4 is 5.91 Å². The van der Waals surface area contributed by atoms with Crippen LogP contribution in [0.2, 0.25) is 0 Å². The summed E-state index contributed by atoms with van der Waals surface area (Å²) in [5.74, 6) is 0.0328. The number of carbonyl (C=O) groups is 1. The zero-order valence-electron chi connectivity index (χ0n) is 10.3. The molecule has 0 bridgehead atoms. The van der Waals surface area contributed by atoms with Gasteiger partial charge in [0.1, 0.15) is 0 Å². The lowest BCUT2D eigenvalue weighted by molar-refractivity contribution is -0.117. The molecule has 0 spiro atoms. The van der Waals surface area contributed by atoms with E-state index in [4.69, 9.17) is 0 Å². The number of hydrogen-bond donors (Lipinski definition) is 2. The maximum atomic E-state index is 11.7. The fourth-order valence-corrected chi connectivity index (χ4v) is 1.68. The number of nitrogens with one attached hydrogen (secondary N) is 2. The predicted octanol–water partition coefficient (Wildman–Crippen LogP) is 0.227. The molecule has 0 unspecified atom stereocenters. The first-order valence-corrected chi connectivity index (χ1v) is 5.83. The first-order valence-electron chi connectivity index (χ1n) is 5.83. The van der Waals surface area contributed by atoms with E-state index >= 15 is 0 Å². The minimum atomic E-state index is 0.0328. The molecule has 0 radical (unpaired) electrons. The van der Waals surface area contributed by atoms with Crippen LogP contribution in [0.15, 0.2) is 23.5 Å². The fourth-order valence-electron chi connectivity index (χ4n) is 1.68. The summed E-state index contributed by atoms with van der Waals surface area (Å²) in [5, 5.41) is 10.2. The van der Waals surface area contributed by atoms with Gasteiger partial charge in [0.15, 0.2) is 0 Å². The molecular formula is C12H18N4O. The van der Waals surface area contributed by atoms with E-state index in [1.165, 1.54) is 5.57 Å². The lowest BCUT2D eigenvalue weighted by Gasteiger charge is -2.21. The number of aromatic nitrogens is 2. The lowest BCUT2D eigenvalue weighted by atomic mass is 10.0. The van der Waals surface area contributed by atoms with Crippen LogP contribution in [0.4, 0.5) is 0 Å². The molecule has 2 rings (SSSR count). The summed E-state index contributed by atoms with van der Waals surface area (Å²) < 4.78 is 1.84. The van der Waals surface area contributed by atoms with Crippen LogP contribution in [0.25, 0.3) is 0 Å². The van der Waals surface area contributed by atoms with Crippen LogP contribution in [0.5, 0.6) is 0 Å². The van der Waals surface area contributed by atoms with Gasteiger partial charge in [-0.25, -0.2) is 0 Å². The Bertz CT molecular complexity index is 441. The van der Waals surface area contributed by atoms with Crippen LogP contribution in [-0.2, 0) is 11.3 Å². The molecule has 2 heterocycles. The van der Waals surface area contributed by atoms with E-state index in [1.807, 2.05) is 30.9 Å². The number of aryl methyl sites for hydroxylation is 1. The smallest absolute Gasteiger partial charge is 0.247 e. The van der Waals surface area contributed by atoms with Gasteiger partial charge in [0, 0.05) is 31.4 Å². The van der Waals surface area contributed by atoms with Gasteiger partial charge < -0.3 is 10.6 Å². The first kappa shape index (κ1) is 11.9. The van der Waals surface area contributed by atoms with Crippen LogP contribution in [0.1, 0.15) is 12.5 Å². The van der Waals surface area contributed by atoms with Gasteiger partial charge in [0.05, 0.1) is 12.7 Å². The number of rotatable bonds is 4. The molecule has 1 aliphatic rings. The van der Waals surface area contributed by atoms with Gasteiger partial charge in [-0.2, -0.15) is 5.10 Å². The van der Waals surface area contributed by atoms with Crippen molar-refractivity contribution in [2.75, 3.05) is 19.6 Å². The van der Waals surface area contributed by atoms with Gasteiger partial charge >= 0.3 is 0 Å². The first-order chi connectivity index (χ1) is 8.16. The molecule has 1 amide bonds. The molecule has 2 N–H and O–H groups in total. The summed E-state index contributed by atoms with van der Waals surface area (Å²) in [6.07, 6.45) is 3.78. The zero-order valence-corrected chi connectivity index (χ0v) is 10.3. The van der Waals surface area contributed by atoms with Crippen molar-refractivity contribution in [2.24, 2.45) is 0 Å². The van der Waals surface area contributed by atoms with E-state index < -0.39 is 0 Å². The molecule has 1 fully saturated rings. The van der Waals surface area contributed by atoms with E-state index in [1.54, 1.807) is 0 Å². The molecule has 5 heteroatoms. The summed E-state index contributed by atoms with van der Waals surface area (Å²) in [4.78, 5) is 11.7. The molecule has 1 aromatic rings.